The summed E-state index contributed by atoms with van der Waals surface area (Å²) in [4.78, 5) is 0. The number of para-hydroxylation sites is 1. The van der Waals surface area contributed by atoms with Crippen LogP contribution in [0.4, 0.5) is 0 Å². The summed E-state index contributed by atoms with van der Waals surface area (Å²) >= 11 is 0. The molecule has 0 unspecified atom stereocenters. The number of ether oxygens (including phenoxy) is 1. The van der Waals surface area contributed by atoms with Gasteiger partial charge in [-0.1, -0.05) is 18.2 Å². The van der Waals surface area contributed by atoms with Crippen molar-refractivity contribution in [2.24, 2.45) is 0 Å². The third-order valence-electron chi connectivity index (χ3n) is 3.27. The first-order chi connectivity index (χ1) is 8.88. The molecule has 1 saturated carbocycles. The first-order valence-corrected chi connectivity index (χ1v) is 6.60. The van der Waals surface area contributed by atoms with Crippen molar-refractivity contribution in [2.75, 3.05) is 6.61 Å². The molecule has 18 heavy (non-hydrogen) atoms. The van der Waals surface area contributed by atoms with E-state index in [1.807, 2.05) is 29.8 Å². The lowest BCUT2D eigenvalue weighted by molar-refractivity contribution is 0.133. The van der Waals surface area contributed by atoms with E-state index in [2.05, 4.69) is 18.3 Å². The van der Waals surface area contributed by atoms with E-state index in [9.17, 15) is 0 Å². The molecule has 1 aromatic heterocycles. The Morgan fingerprint density at radius 1 is 1.28 bits per heavy atom. The maximum absolute atomic E-state index is 5.53. The lowest BCUT2D eigenvalue weighted by atomic mass is 10.2. The molecule has 0 atom stereocenters. The smallest absolute Gasteiger partial charge is 0.0750 e. The minimum absolute atomic E-state index is 0.658. The van der Waals surface area contributed by atoms with Crippen molar-refractivity contribution >= 4 is 0 Å². The van der Waals surface area contributed by atoms with Gasteiger partial charge in [-0.25, -0.2) is 4.68 Å². The Hall–Kier alpha value is -1.61. The minimum Gasteiger partial charge on any atom is -0.377 e. The van der Waals surface area contributed by atoms with Crippen molar-refractivity contribution in [3.63, 3.8) is 0 Å². The van der Waals surface area contributed by atoms with Crippen molar-refractivity contribution in [1.29, 1.82) is 0 Å². The third-order valence-corrected chi connectivity index (χ3v) is 3.27. The summed E-state index contributed by atoms with van der Waals surface area (Å²) < 4.78 is 7.51. The molecular formula is C15H18N2O. The minimum atomic E-state index is 0.658. The van der Waals surface area contributed by atoms with Crippen LogP contribution >= 0.6 is 0 Å². The molecule has 3 rings (SSSR count). The molecule has 1 aromatic carbocycles. The standard InChI is InChI=1S/C15H18N2O/c1-2-18-11-13-10-17(14-6-4-3-5-7-14)16-15(13)12-8-9-12/h3-7,10,12H,2,8-9,11H2,1H3. The van der Waals surface area contributed by atoms with Crippen molar-refractivity contribution in [3.05, 3.63) is 47.8 Å². The van der Waals surface area contributed by atoms with Crippen LogP contribution in [0.3, 0.4) is 0 Å². The fourth-order valence-electron chi connectivity index (χ4n) is 2.16. The molecule has 0 bridgehead atoms. The van der Waals surface area contributed by atoms with Crippen molar-refractivity contribution in [3.8, 4) is 5.69 Å². The molecular weight excluding hydrogens is 224 g/mol. The average molecular weight is 242 g/mol. The van der Waals surface area contributed by atoms with E-state index >= 15 is 0 Å². The average Bonchev–Trinajstić information content (AvgIpc) is 3.18. The molecule has 94 valence electrons. The SMILES string of the molecule is CCOCc1cn(-c2ccccc2)nc1C1CC1. The lowest BCUT2D eigenvalue weighted by Gasteiger charge is -1.99. The number of benzene rings is 1. The van der Waals surface area contributed by atoms with Gasteiger partial charge in [0.15, 0.2) is 0 Å². The van der Waals surface area contributed by atoms with Crippen molar-refractivity contribution in [1.82, 2.24) is 9.78 Å². The molecule has 3 nitrogen and oxygen atoms in total. The summed E-state index contributed by atoms with van der Waals surface area (Å²) in [7, 11) is 0. The Morgan fingerprint density at radius 3 is 2.72 bits per heavy atom. The van der Waals surface area contributed by atoms with Gasteiger partial charge < -0.3 is 4.74 Å². The van der Waals surface area contributed by atoms with Gasteiger partial charge in [-0.15, -0.1) is 0 Å². The highest BCUT2D eigenvalue weighted by Crippen LogP contribution is 2.41. The second-order valence-corrected chi connectivity index (χ2v) is 4.73. The van der Waals surface area contributed by atoms with E-state index in [0.717, 1.165) is 12.3 Å². The third kappa shape index (κ3) is 2.31. The summed E-state index contributed by atoms with van der Waals surface area (Å²) in [5.41, 5.74) is 3.58. The van der Waals surface area contributed by atoms with Crippen molar-refractivity contribution < 1.29 is 4.74 Å². The number of aromatic nitrogens is 2. The van der Waals surface area contributed by atoms with Crippen molar-refractivity contribution in [2.45, 2.75) is 32.3 Å². The molecule has 0 N–H and O–H groups in total. The van der Waals surface area contributed by atoms with Crippen LogP contribution in [0.15, 0.2) is 36.5 Å². The van der Waals surface area contributed by atoms with Gasteiger partial charge in [0.1, 0.15) is 0 Å². The van der Waals surface area contributed by atoms with Gasteiger partial charge in [0.05, 0.1) is 18.0 Å². The van der Waals surface area contributed by atoms with Gasteiger partial charge in [0, 0.05) is 24.3 Å². The molecule has 1 heterocycles. The van der Waals surface area contributed by atoms with Gasteiger partial charge in [0.25, 0.3) is 0 Å². The zero-order valence-corrected chi connectivity index (χ0v) is 10.7. The monoisotopic (exact) mass is 242 g/mol. The van der Waals surface area contributed by atoms with Crippen LogP contribution in [0, 0.1) is 0 Å². The normalized spacial score (nSPS) is 14.9. The van der Waals surface area contributed by atoms with Gasteiger partial charge in [0.2, 0.25) is 0 Å². The van der Waals surface area contributed by atoms with Crippen LogP contribution in [0.2, 0.25) is 0 Å². The number of rotatable bonds is 5. The Labute approximate surface area is 107 Å². The maximum Gasteiger partial charge on any atom is 0.0750 e. The van der Waals surface area contributed by atoms with E-state index in [1.54, 1.807) is 0 Å². The molecule has 0 amide bonds. The number of nitrogens with zero attached hydrogens (tertiary/aromatic N) is 2. The highest BCUT2D eigenvalue weighted by molar-refractivity contribution is 5.34. The molecule has 1 fully saturated rings. The summed E-state index contributed by atoms with van der Waals surface area (Å²) in [5.74, 6) is 0.658. The van der Waals surface area contributed by atoms with E-state index in [-0.39, 0.29) is 0 Å². The zero-order chi connectivity index (χ0) is 12.4. The van der Waals surface area contributed by atoms with Crippen LogP contribution in [0.25, 0.3) is 5.69 Å². The predicted molar refractivity (Wildman–Crippen MR) is 70.9 cm³/mol. The van der Waals surface area contributed by atoms with Gasteiger partial charge >= 0.3 is 0 Å². The summed E-state index contributed by atoms with van der Waals surface area (Å²) in [6, 6.07) is 10.3. The maximum atomic E-state index is 5.53. The Morgan fingerprint density at radius 2 is 2.06 bits per heavy atom. The Kier molecular flexibility index (Phi) is 3.15. The first-order valence-electron chi connectivity index (χ1n) is 6.60. The molecule has 0 saturated heterocycles. The molecule has 1 aliphatic carbocycles. The van der Waals surface area contributed by atoms with Gasteiger partial charge in [-0.3, -0.25) is 0 Å². The molecule has 0 radical (unpaired) electrons. The second-order valence-electron chi connectivity index (χ2n) is 4.73. The van der Waals surface area contributed by atoms with Crippen LogP contribution < -0.4 is 0 Å². The van der Waals surface area contributed by atoms with E-state index in [1.165, 1.54) is 24.1 Å². The Bertz CT molecular complexity index is 515. The van der Waals surface area contributed by atoms with Crippen LogP contribution in [-0.2, 0) is 11.3 Å². The fraction of sp³-hybridized carbons (Fsp3) is 0.400. The molecule has 3 heteroatoms. The topological polar surface area (TPSA) is 27.1 Å². The summed E-state index contributed by atoms with van der Waals surface area (Å²) in [6.07, 6.45) is 4.65. The van der Waals surface area contributed by atoms with Crippen LogP contribution in [-0.4, -0.2) is 16.4 Å². The van der Waals surface area contributed by atoms with Gasteiger partial charge in [-0.2, -0.15) is 5.10 Å². The fourth-order valence-corrected chi connectivity index (χ4v) is 2.16. The molecule has 0 aliphatic heterocycles. The van der Waals surface area contributed by atoms with Gasteiger partial charge in [-0.05, 0) is 31.9 Å². The van der Waals surface area contributed by atoms with Crippen LogP contribution in [0.1, 0.15) is 36.9 Å². The first kappa shape index (κ1) is 11.5. The lowest BCUT2D eigenvalue weighted by Crippen LogP contribution is -1.95. The van der Waals surface area contributed by atoms with E-state index in [0.29, 0.717) is 12.5 Å². The highest BCUT2D eigenvalue weighted by Gasteiger charge is 2.29. The van der Waals surface area contributed by atoms with Crippen LogP contribution in [0.5, 0.6) is 0 Å². The molecule has 1 aliphatic rings. The van der Waals surface area contributed by atoms with E-state index in [4.69, 9.17) is 9.84 Å². The summed E-state index contributed by atoms with van der Waals surface area (Å²) in [6.45, 7) is 3.45. The quantitative estimate of drug-likeness (QED) is 0.804. The summed E-state index contributed by atoms with van der Waals surface area (Å²) in [5, 5.41) is 4.73. The zero-order valence-electron chi connectivity index (χ0n) is 10.7. The number of hydrogen-bond acceptors (Lipinski definition) is 2. The highest BCUT2D eigenvalue weighted by atomic mass is 16.5. The molecule has 2 aromatic rings. The second kappa shape index (κ2) is 4.94. The molecule has 0 spiro atoms. The predicted octanol–water partition coefficient (Wildman–Crippen LogP) is 3.29. The number of hydrogen-bond donors (Lipinski definition) is 0. The Balaban J connectivity index is 1.91. The van der Waals surface area contributed by atoms with E-state index < -0.39 is 0 Å². The largest absolute Gasteiger partial charge is 0.377 e.